The zero-order valence-electron chi connectivity index (χ0n) is 14.7. The number of hydrogen-bond acceptors (Lipinski definition) is 3. The van der Waals surface area contributed by atoms with Gasteiger partial charge in [0.2, 0.25) is 5.91 Å². The van der Waals surface area contributed by atoms with Crippen LogP contribution >= 0.6 is 15.9 Å². The van der Waals surface area contributed by atoms with Gasteiger partial charge in [-0.05, 0) is 49.6 Å². The molecule has 0 saturated heterocycles. The minimum atomic E-state index is -0.00414. The van der Waals surface area contributed by atoms with Crippen LogP contribution in [0.1, 0.15) is 42.9 Å². The maximum absolute atomic E-state index is 12.2. The van der Waals surface area contributed by atoms with E-state index in [4.69, 9.17) is 9.47 Å². The molecule has 0 bridgehead atoms. The molecular weight excluding hydrogens is 382 g/mol. The van der Waals surface area contributed by atoms with Gasteiger partial charge in [0, 0.05) is 28.6 Å². The molecule has 0 saturated carbocycles. The maximum atomic E-state index is 12.2. The first-order valence-corrected chi connectivity index (χ1v) is 9.32. The van der Waals surface area contributed by atoms with Crippen LogP contribution in [0.4, 0.5) is 5.69 Å². The van der Waals surface area contributed by atoms with Crippen molar-refractivity contribution in [3.8, 4) is 11.5 Å². The molecule has 0 aromatic heterocycles. The van der Waals surface area contributed by atoms with Gasteiger partial charge in [0.05, 0.1) is 13.2 Å². The summed E-state index contributed by atoms with van der Waals surface area (Å²) in [6.45, 7) is 7.04. The highest BCUT2D eigenvalue weighted by Crippen LogP contribution is 2.43. The van der Waals surface area contributed by atoms with Gasteiger partial charge >= 0.3 is 0 Å². The quantitative estimate of drug-likeness (QED) is 0.761. The van der Waals surface area contributed by atoms with Crippen LogP contribution in [-0.2, 0) is 4.79 Å². The van der Waals surface area contributed by atoms with Gasteiger partial charge in [0.1, 0.15) is 0 Å². The van der Waals surface area contributed by atoms with Crippen molar-refractivity contribution in [2.75, 3.05) is 18.5 Å². The zero-order valence-corrected chi connectivity index (χ0v) is 16.3. The Balaban J connectivity index is 2.10. The van der Waals surface area contributed by atoms with Gasteiger partial charge in [-0.25, -0.2) is 0 Å². The Labute approximate surface area is 156 Å². The molecule has 1 aliphatic rings. The number of carbonyl (C=O) groups is 1. The van der Waals surface area contributed by atoms with Gasteiger partial charge in [-0.3, -0.25) is 4.79 Å². The van der Waals surface area contributed by atoms with Crippen molar-refractivity contribution in [1.82, 2.24) is 0 Å². The Morgan fingerprint density at radius 2 is 1.80 bits per heavy atom. The Kier molecular flexibility index (Phi) is 5.33. The fourth-order valence-corrected chi connectivity index (χ4v) is 3.53. The fourth-order valence-electron chi connectivity index (χ4n) is 3.13. The normalized spacial score (nSPS) is 16.2. The number of ether oxygens (including phenoxy) is 2. The Morgan fingerprint density at radius 1 is 1.12 bits per heavy atom. The van der Waals surface area contributed by atoms with E-state index < -0.39 is 0 Å². The van der Waals surface area contributed by atoms with Crippen LogP contribution in [0.25, 0.3) is 0 Å². The van der Waals surface area contributed by atoms with Gasteiger partial charge in [0.15, 0.2) is 11.5 Å². The molecule has 0 fully saturated rings. The third-order valence-electron chi connectivity index (χ3n) is 4.35. The molecule has 2 aromatic rings. The second kappa shape index (κ2) is 7.48. The van der Waals surface area contributed by atoms with E-state index in [1.165, 1.54) is 5.56 Å². The van der Waals surface area contributed by atoms with Gasteiger partial charge in [0.25, 0.3) is 0 Å². The van der Waals surface area contributed by atoms with Crippen molar-refractivity contribution in [3.05, 3.63) is 51.5 Å². The Bertz CT molecular complexity index is 804. The van der Waals surface area contributed by atoms with E-state index in [-0.39, 0.29) is 11.8 Å². The molecule has 1 amide bonds. The van der Waals surface area contributed by atoms with Crippen molar-refractivity contribution in [2.24, 2.45) is 0 Å². The lowest BCUT2D eigenvalue weighted by Crippen LogP contribution is -2.23. The number of benzene rings is 2. The molecule has 0 spiro atoms. The average molecular weight is 404 g/mol. The average Bonchev–Trinajstić information content (AvgIpc) is 2.58. The number of hydrogen-bond donors (Lipinski definition) is 1. The highest BCUT2D eigenvalue weighted by molar-refractivity contribution is 9.10. The SMILES string of the molecule is CCOc1cc2c(cc1OCC)[C@H](c1ccc(C)c(Br)c1)CC(=O)N2. The standard InChI is InChI=1S/C20H22BrNO3/c1-4-24-18-9-15-14(13-7-6-12(3)16(21)8-13)10-20(23)22-17(15)11-19(18)25-5-2/h6-9,11,14H,4-5,10H2,1-3H3,(H,22,23)/t14-/m0/s1. The summed E-state index contributed by atoms with van der Waals surface area (Å²) in [5.74, 6) is 1.39. The summed E-state index contributed by atoms with van der Waals surface area (Å²) >= 11 is 3.59. The second-order valence-electron chi connectivity index (χ2n) is 6.07. The van der Waals surface area contributed by atoms with Crippen molar-refractivity contribution in [3.63, 3.8) is 0 Å². The lowest BCUT2D eigenvalue weighted by molar-refractivity contribution is -0.116. The van der Waals surface area contributed by atoms with E-state index in [0.29, 0.717) is 25.4 Å². The summed E-state index contributed by atoms with van der Waals surface area (Å²) in [5.41, 5.74) is 4.14. The first kappa shape index (κ1) is 17.8. The topological polar surface area (TPSA) is 47.6 Å². The Morgan fingerprint density at radius 3 is 2.44 bits per heavy atom. The smallest absolute Gasteiger partial charge is 0.225 e. The zero-order chi connectivity index (χ0) is 18.0. The first-order valence-electron chi connectivity index (χ1n) is 8.52. The summed E-state index contributed by atoms with van der Waals surface area (Å²) in [6.07, 6.45) is 0.419. The summed E-state index contributed by atoms with van der Waals surface area (Å²) in [4.78, 5) is 12.2. The van der Waals surface area contributed by atoms with Crippen LogP contribution in [-0.4, -0.2) is 19.1 Å². The molecule has 0 aliphatic carbocycles. The van der Waals surface area contributed by atoms with E-state index in [0.717, 1.165) is 27.0 Å². The number of anilines is 1. The van der Waals surface area contributed by atoms with E-state index in [9.17, 15) is 4.79 Å². The van der Waals surface area contributed by atoms with Crippen LogP contribution < -0.4 is 14.8 Å². The molecule has 0 unspecified atom stereocenters. The van der Waals surface area contributed by atoms with Crippen molar-refractivity contribution < 1.29 is 14.3 Å². The molecule has 0 radical (unpaired) electrons. The highest BCUT2D eigenvalue weighted by Gasteiger charge is 2.28. The van der Waals surface area contributed by atoms with Gasteiger partial charge in [-0.1, -0.05) is 28.1 Å². The lowest BCUT2D eigenvalue weighted by atomic mass is 9.84. The fraction of sp³-hybridized carbons (Fsp3) is 0.350. The predicted octanol–water partition coefficient (Wildman–Crippen LogP) is 5.03. The molecule has 2 aromatic carbocycles. The van der Waals surface area contributed by atoms with E-state index in [1.54, 1.807) is 0 Å². The number of halogens is 1. The molecule has 1 heterocycles. The summed E-state index contributed by atoms with van der Waals surface area (Å²) < 4.78 is 12.5. The molecule has 132 valence electrons. The predicted molar refractivity (Wildman–Crippen MR) is 103 cm³/mol. The van der Waals surface area contributed by atoms with Gasteiger partial charge in [-0.15, -0.1) is 0 Å². The van der Waals surface area contributed by atoms with Crippen LogP contribution in [0.5, 0.6) is 11.5 Å². The summed E-state index contributed by atoms with van der Waals surface area (Å²) in [5, 5.41) is 2.97. The van der Waals surface area contributed by atoms with Gasteiger partial charge in [-0.2, -0.15) is 0 Å². The molecular formula is C20H22BrNO3. The molecule has 5 heteroatoms. The number of aryl methyl sites for hydroxylation is 1. The molecule has 4 nitrogen and oxygen atoms in total. The van der Waals surface area contributed by atoms with Crippen molar-refractivity contribution in [1.29, 1.82) is 0 Å². The van der Waals surface area contributed by atoms with E-state index in [1.807, 2.05) is 26.0 Å². The third-order valence-corrected chi connectivity index (χ3v) is 5.21. The minimum absolute atomic E-state index is 0.00414. The van der Waals surface area contributed by atoms with E-state index in [2.05, 4.69) is 46.4 Å². The van der Waals surface area contributed by atoms with E-state index >= 15 is 0 Å². The maximum Gasteiger partial charge on any atom is 0.225 e. The van der Waals surface area contributed by atoms with Crippen LogP contribution in [0, 0.1) is 6.92 Å². The highest BCUT2D eigenvalue weighted by atomic mass is 79.9. The molecule has 3 rings (SSSR count). The largest absolute Gasteiger partial charge is 0.490 e. The van der Waals surface area contributed by atoms with Crippen molar-refractivity contribution in [2.45, 2.75) is 33.1 Å². The lowest BCUT2D eigenvalue weighted by Gasteiger charge is -2.28. The number of fused-ring (bicyclic) bond motifs is 1. The number of carbonyl (C=O) groups excluding carboxylic acids is 1. The molecule has 1 atom stereocenters. The Hall–Kier alpha value is -2.01. The van der Waals surface area contributed by atoms with Gasteiger partial charge < -0.3 is 14.8 Å². The van der Waals surface area contributed by atoms with Crippen LogP contribution in [0.2, 0.25) is 0 Å². The number of rotatable bonds is 5. The summed E-state index contributed by atoms with van der Waals surface area (Å²) in [7, 11) is 0. The number of nitrogens with one attached hydrogen (secondary N) is 1. The number of amides is 1. The molecule has 1 aliphatic heterocycles. The molecule has 1 N–H and O–H groups in total. The first-order chi connectivity index (χ1) is 12.0. The third kappa shape index (κ3) is 3.66. The van der Waals surface area contributed by atoms with Crippen LogP contribution in [0.3, 0.4) is 0 Å². The minimum Gasteiger partial charge on any atom is -0.490 e. The van der Waals surface area contributed by atoms with Crippen molar-refractivity contribution >= 4 is 27.5 Å². The second-order valence-corrected chi connectivity index (χ2v) is 6.92. The van der Waals surface area contributed by atoms with Crippen LogP contribution in [0.15, 0.2) is 34.8 Å². The molecule has 25 heavy (non-hydrogen) atoms. The monoisotopic (exact) mass is 403 g/mol. The summed E-state index contributed by atoms with van der Waals surface area (Å²) in [6, 6.07) is 10.1.